The van der Waals surface area contributed by atoms with Crippen LogP contribution in [0.15, 0.2) is 36.4 Å². The molecule has 0 bridgehead atoms. The molecule has 0 amide bonds. The molecule has 3 nitrogen and oxygen atoms in total. The van der Waals surface area contributed by atoms with Gasteiger partial charge in [0.05, 0.1) is 11.0 Å². The monoisotopic (exact) mass is 341 g/mol. The highest BCUT2D eigenvalue weighted by Crippen LogP contribution is 2.31. The predicted octanol–water partition coefficient (Wildman–Crippen LogP) is 3.88. The standard InChI is InChI=1S/C21H25N3/c1-15-4-7-20-18(12-15)19-14-23(3)10-9-21(19)24(20)11-8-17-6-5-16(2)22-13-17/h4-7,12-13H,8-11,14H2,1-3H3/i2D3,3D3,4D,5D,6D,7D,8D2,9D2,10D2,11D2,12D,13D,14D2. The molecule has 1 aromatic carbocycles. The number of benzene rings is 1. The second-order valence-corrected chi connectivity index (χ2v) is 4.90. The summed E-state index contributed by atoms with van der Waals surface area (Å²) in [5, 5.41) is -0.818. The van der Waals surface area contributed by atoms with E-state index < -0.39 is 121 Å². The smallest absolute Gasteiger partial charge is 0.0843 e. The number of rotatable bonds is 3. The van der Waals surface area contributed by atoms with Crippen LogP contribution >= 0.6 is 0 Å². The van der Waals surface area contributed by atoms with Crippen molar-refractivity contribution in [3.63, 3.8) is 0 Å². The van der Waals surface area contributed by atoms with Crippen molar-refractivity contribution in [1.82, 2.24) is 14.5 Å². The van der Waals surface area contributed by atoms with Crippen molar-refractivity contribution in [3.05, 3.63) is 64.5 Å². The van der Waals surface area contributed by atoms with E-state index in [4.69, 9.17) is 30.2 Å². The zero-order valence-corrected chi connectivity index (χ0v) is 12.3. The van der Waals surface area contributed by atoms with E-state index in [1.165, 1.54) is 0 Å². The largest absolute Gasteiger partial charge is 0.344 e. The van der Waals surface area contributed by atoms with Gasteiger partial charge in [-0.3, -0.25) is 4.98 Å². The molecule has 2 aromatic heterocycles. The van der Waals surface area contributed by atoms with Crippen molar-refractivity contribution < 1.29 is 30.2 Å². The molecular formula is C21H25N3. The molecule has 0 spiro atoms. The van der Waals surface area contributed by atoms with Crippen molar-refractivity contribution in [1.29, 1.82) is 0 Å². The van der Waals surface area contributed by atoms with Gasteiger partial charge >= 0.3 is 0 Å². The SMILES string of the molecule is [2H]c1nc(C([2H])([2H])[2H])c([2H])c([2H])c1C([2H])([2H])C([2H])([2H])n1c2c(c3c([2H])c(C)c([2H])c([2H])c31)C([2H])([2H])N(C([2H])([2H])[2H])C([2H])([2H])C2([2H])[2H]. The van der Waals surface area contributed by atoms with Gasteiger partial charge in [-0.05, 0) is 56.4 Å². The van der Waals surface area contributed by atoms with E-state index in [1.54, 1.807) is 0 Å². The molecule has 0 fully saturated rings. The molecule has 3 heterocycles. The minimum Gasteiger partial charge on any atom is -0.344 e. The lowest BCUT2D eigenvalue weighted by Gasteiger charge is -2.24. The molecule has 0 atom stereocenters. The van der Waals surface area contributed by atoms with E-state index in [-0.39, 0.29) is 10.1 Å². The molecule has 1 aliphatic rings. The lowest BCUT2D eigenvalue weighted by Crippen LogP contribution is -2.27. The second kappa shape index (κ2) is 6.06. The minimum atomic E-state index is -3.92. The van der Waals surface area contributed by atoms with Crippen LogP contribution in [0.5, 0.6) is 0 Å². The van der Waals surface area contributed by atoms with Crippen molar-refractivity contribution in [2.75, 3.05) is 13.5 Å². The van der Waals surface area contributed by atoms with E-state index >= 15 is 0 Å². The quantitative estimate of drug-likeness (QED) is 0.721. The molecule has 24 heavy (non-hydrogen) atoms. The van der Waals surface area contributed by atoms with Gasteiger partial charge in [0.15, 0.2) is 0 Å². The summed E-state index contributed by atoms with van der Waals surface area (Å²) in [6.45, 7) is -17.1. The fourth-order valence-electron chi connectivity index (χ4n) is 2.23. The Kier molecular flexibility index (Phi) is 1.10. The average molecular weight is 342 g/mol. The average Bonchev–Trinajstić information content (AvgIpc) is 3.24. The summed E-state index contributed by atoms with van der Waals surface area (Å²) in [7, 11) is 0. The van der Waals surface area contributed by atoms with E-state index in [1.807, 2.05) is 0 Å². The number of hydrogen-bond acceptors (Lipinski definition) is 2. The van der Waals surface area contributed by atoms with Gasteiger partial charge in [-0.2, -0.15) is 0 Å². The fourth-order valence-corrected chi connectivity index (χ4v) is 2.23. The third-order valence-electron chi connectivity index (χ3n) is 3.24. The first-order valence-electron chi connectivity index (χ1n) is 17.8. The zero-order valence-electron chi connectivity index (χ0n) is 34.3. The Hall–Kier alpha value is -2.13. The topological polar surface area (TPSA) is 21.1 Å². The summed E-state index contributed by atoms with van der Waals surface area (Å²) in [5.41, 5.74) is -6.18. The Morgan fingerprint density at radius 3 is 3.21 bits per heavy atom. The highest BCUT2D eigenvalue weighted by atomic mass is 15.1. The number of likely N-dealkylation sites (N-methyl/N-ethyl adjacent to an activating group) is 1. The van der Waals surface area contributed by atoms with Gasteiger partial charge in [-0.25, -0.2) is 0 Å². The molecule has 0 saturated carbocycles. The number of aryl methyl sites for hydroxylation is 2. The lowest BCUT2D eigenvalue weighted by atomic mass is 10.0. The Bertz CT molecular complexity index is 1780. The van der Waals surface area contributed by atoms with Crippen molar-refractivity contribution in [3.8, 4) is 0 Å². The van der Waals surface area contributed by atoms with Gasteiger partial charge in [-0.1, -0.05) is 17.6 Å². The minimum absolute atomic E-state index is 0.00219. The molecule has 124 valence electrons. The van der Waals surface area contributed by atoms with Gasteiger partial charge in [0.25, 0.3) is 0 Å². The molecule has 0 aliphatic carbocycles. The number of aromatic nitrogens is 2. The molecule has 0 unspecified atom stereocenters. The third-order valence-corrected chi connectivity index (χ3v) is 3.24. The maximum Gasteiger partial charge on any atom is 0.0843 e. The fraction of sp³-hybridized carbons (Fsp3) is 0.381. The molecule has 0 radical (unpaired) electrons. The van der Waals surface area contributed by atoms with Crippen LogP contribution < -0.4 is 0 Å². The van der Waals surface area contributed by atoms with Gasteiger partial charge in [0.1, 0.15) is 0 Å². The number of nitrogens with zero attached hydrogens (tertiary/aromatic N) is 3. The molecule has 0 saturated heterocycles. The Morgan fingerprint density at radius 2 is 2.33 bits per heavy atom. The Balaban J connectivity index is 2.31. The maximum absolute atomic E-state index is 9.03. The molecule has 3 aromatic rings. The van der Waals surface area contributed by atoms with Crippen LogP contribution in [0.3, 0.4) is 0 Å². The summed E-state index contributed by atoms with van der Waals surface area (Å²) < 4.78 is 184. The normalized spacial score (nSPS) is 36.9. The first kappa shape index (κ1) is 4.34. The maximum atomic E-state index is 9.03. The second-order valence-electron chi connectivity index (χ2n) is 4.90. The lowest BCUT2D eigenvalue weighted by molar-refractivity contribution is 0.309. The summed E-state index contributed by atoms with van der Waals surface area (Å²) in [6, 6.07) is -5.05. The Morgan fingerprint density at radius 1 is 1.38 bits per heavy atom. The van der Waals surface area contributed by atoms with Crippen LogP contribution in [0.25, 0.3) is 10.9 Å². The van der Waals surface area contributed by atoms with E-state index in [0.717, 1.165) is 6.92 Å². The molecule has 4 rings (SSSR count). The molecular weight excluding hydrogens is 294 g/mol. The summed E-state index contributed by atoms with van der Waals surface area (Å²) in [4.78, 5) is 2.98. The van der Waals surface area contributed by atoms with E-state index in [0.29, 0.717) is 0 Å². The highest BCUT2D eigenvalue weighted by Gasteiger charge is 2.22. The number of hydrogen-bond donors (Lipinski definition) is 0. The van der Waals surface area contributed by atoms with Gasteiger partial charge in [-0.15, -0.1) is 0 Å². The van der Waals surface area contributed by atoms with Crippen molar-refractivity contribution >= 4 is 10.9 Å². The zero-order chi connectivity index (χ0) is 35.9. The van der Waals surface area contributed by atoms with Crippen LogP contribution in [0.4, 0.5) is 0 Å². The number of fused-ring (bicyclic) bond motifs is 3. The van der Waals surface area contributed by atoms with E-state index in [9.17, 15) is 0 Å². The summed E-state index contributed by atoms with van der Waals surface area (Å²) in [5.74, 6) is 0. The van der Waals surface area contributed by atoms with Crippen molar-refractivity contribution in [2.45, 2.75) is 39.5 Å². The first-order valence-corrected chi connectivity index (χ1v) is 6.79. The number of pyridine rings is 1. The van der Waals surface area contributed by atoms with Crippen LogP contribution in [0.1, 0.15) is 58.2 Å². The summed E-state index contributed by atoms with van der Waals surface area (Å²) >= 11 is 0. The highest BCUT2D eigenvalue weighted by molar-refractivity contribution is 5.86. The van der Waals surface area contributed by atoms with E-state index in [2.05, 4.69) is 4.98 Å². The molecule has 1 aliphatic heterocycles. The van der Waals surface area contributed by atoms with Gasteiger partial charge < -0.3 is 9.47 Å². The first-order chi connectivity index (χ1) is 20.3. The van der Waals surface area contributed by atoms with Crippen LogP contribution in [-0.2, 0) is 25.7 Å². The van der Waals surface area contributed by atoms with Crippen LogP contribution in [0.2, 0.25) is 0 Å². The van der Waals surface area contributed by atoms with Crippen LogP contribution in [0, 0.1) is 13.8 Å². The van der Waals surface area contributed by atoms with Gasteiger partial charge in [0.2, 0.25) is 0 Å². The van der Waals surface area contributed by atoms with Crippen molar-refractivity contribution in [2.24, 2.45) is 0 Å². The molecule has 0 N–H and O–H groups in total. The Labute approximate surface area is 174 Å². The summed E-state index contributed by atoms with van der Waals surface area (Å²) in [6.07, 6.45) is -8.88. The third kappa shape index (κ3) is 2.73. The van der Waals surface area contributed by atoms with Crippen LogP contribution in [-0.4, -0.2) is 27.9 Å². The molecule has 3 heteroatoms. The predicted molar refractivity (Wildman–Crippen MR) is 99.4 cm³/mol. The van der Waals surface area contributed by atoms with Gasteiger partial charge in [0, 0.05) is 73.5 Å².